The average Bonchev–Trinajstić information content (AvgIpc) is 2.65. The highest BCUT2D eigenvalue weighted by atomic mass is 35.5. The minimum atomic E-state index is -0.154. The monoisotopic (exact) mass is 277 g/mol. The van der Waals surface area contributed by atoms with E-state index in [4.69, 9.17) is 21.4 Å². The van der Waals surface area contributed by atoms with Gasteiger partial charge in [0.1, 0.15) is 4.88 Å². The molecule has 1 rings (SSSR count). The standard InChI is InChI=1S/C11H16ClNO3S/c1-8-7-17-10(9(8)12)11(15)13(3-5-14)4-6-16-2/h7,14H,3-6H2,1-2H3. The summed E-state index contributed by atoms with van der Waals surface area (Å²) in [5, 5.41) is 11.3. The molecule has 0 aliphatic rings. The topological polar surface area (TPSA) is 49.8 Å². The van der Waals surface area contributed by atoms with Crippen molar-refractivity contribution in [3.8, 4) is 0 Å². The quantitative estimate of drug-likeness (QED) is 0.862. The fraction of sp³-hybridized carbons (Fsp3) is 0.545. The van der Waals surface area contributed by atoms with E-state index in [1.54, 1.807) is 12.0 Å². The highest BCUT2D eigenvalue weighted by molar-refractivity contribution is 7.13. The number of amides is 1. The van der Waals surface area contributed by atoms with E-state index in [2.05, 4.69) is 0 Å². The molecule has 6 heteroatoms. The van der Waals surface area contributed by atoms with Crippen molar-refractivity contribution < 1.29 is 14.6 Å². The maximum Gasteiger partial charge on any atom is 0.265 e. The molecular weight excluding hydrogens is 262 g/mol. The van der Waals surface area contributed by atoms with Gasteiger partial charge in [-0.05, 0) is 17.9 Å². The van der Waals surface area contributed by atoms with Crippen molar-refractivity contribution in [1.29, 1.82) is 0 Å². The molecule has 0 atom stereocenters. The molecule has 17 heavy (non-hydrogen) atoms. The molecule has 0 fully saturated rings. The van der Waals surface area contributed by atoms with Crippen LogP contribution in [0.1, 0.15) is 15.2 Å². The number of ether oxygens (including phenoxy) is 1. The number of aryl methyl sites for hydroxylation is 1. The van der Waals surface area contributed by atoms with E-state index < -0.39 is 0 Å². The van der Waals surface area contributed by atoms with Crippen molar-refractivity contribution in [3.63, 3.8) is 0 Å². The summed E-state index contributed by atoms with van der Waals surface area (Å²) in [6.45, 7) is 2.96. The molecular formula is C11H16ClNO3S. The molecule has 0 aliphatic carbocycles. The normalized spacial score (nSPS) is 10.6. The Balaban J connectivity index is 2.80. The molecule has 1 aromatic rings. The van der Waals surface area contributed by atoms with Crippen LogP contribution in [0, 0.1) is 6.92 Å². The predicted octanol–water partition coefficient (Wildman–Crippen LogP) is 1.79. The number of rotatable bonds is 6. The molecule has 0 unspecified atom stereocenters. The van der Waals surface area contributed by atoms with E-state index in [-0.39, 0.29) is 19.1 Å². The van der Waals surface area contributed by atoms with Crippen LogP contribution in [0.5, 0.6) is 0 Å². The average molecular weight is 278 g/mol. The third-order valence-corrected chi connectivity index (χ3v) is 4.00. The minimum Gasteiger partial charge on any atom is -0.395 e. The lowest BCUT2D eigenvalue weighted by Crippen LogP contribution is -2.35. The van der Waals surface area contributed by atoms with E-state index in [0.29, 0.717) is 23.1 Å². The van der Waals surface area contributed by atoms with Gasteiger partial charge < -0.3 is 14.7 Å². The summed E-state index contributed by atoms with van der Waals surface area (Å²) in [7, 11) is 1.57. The Bertz CT molecular complexity index is 381. The maximum absolute atomic E-state index is 12.2. The van der Waals surface area contributed by atoms with Crippen LogP contribution in [0.3, 0.4) is 0 Å². The number of aliphatic hydroxyl groups excluding tert-OH is 1. The summed E-state index contributed by atoms with van der Waals surface area (Å²) < 4.78 is 4.94. The van der Waals surface area contributed by atoms with E-state index in [0.717, 1.165) is 5.56 Å². The minimum absolute atomic E-state index is 0.0720. The van der Waals surface area contributed by atoms with Gasteiger partial charge in [0.2, 0.25) is 0 Å². The second-order valence-electron chi connectivity index (χ2n) is 3.57. The van der Waals surface area contributed by atoms with Crippen LogP contribution in [-0.2, 0) is 4.74 Å². The van der Waals surface area contributed by atoms with Gasteiger partial charge in [0.15, 0.2) is 0 Å². The summed E-state index contributed by atoms with van der Waals surface area (Å²) in [5.41, 5.74) is 0.899. The molecule has 1 amide bonds. The second kappa shape index (κ2) is 6.96. The molecule has 0 spiro atoms. The number of hydrogen-bond donors (Lipinski definition) is 1. The molecule has 4 nitrogen and oxygen atoms in total. The number of carbonyl (C=O) groups is 1. The Morgan fingerprint density at radius 2 is 2.29 bits per heavy atom. The van der Waals surface area contributed by atoms with Crippen LogP contribution in [0.2, 0.25) is 5.02 Å². The van der Waals surface area contributed by atoms with Gasteiger partial charge in [-0.1, -0.05) is 11.6 Å². The zero-order chi connectivity index (χ0) is 12.8. The molecule has 0 aromatic carbocycles. The smallest absolute Gasteiger partial charge is 0.265 e. The van der Waals surface area contributed by atoms with Crippen LogP contribution in [0.25, 0.3) is 0 Å². The van der Waals surface area contributed by atoms with Crippen LogP contribution >= 0.6 is 22.9 Å². The van der Waals surface area contributed by atoms with Gasteiger partial charge in [-0.2, -0.15) is 0 Å². The van der Waals surface area contributed by atoms with Crippen molar-refractivity contribution >= 4 is 28.8 Å². The van der Waals surface area contributed by atoms with Crippen molar-refractivity contribution in [1.82, 2.24) is 4.90 Å². The van der Waals surface area contributed by atoms with E-state index in [1.807, 2.05) is 12.3 Å². The molecule has 0 radical (unpaired) electrons. The molecule has 1 N–H and O–H groups in total. The highest BCUT2D eigenvalue weighted by Gasteiger charge is 2.20. The summed E-state index contributed by atoms with van der Waals surface area (Å²) in [6, 6.07) is 0. The third-order valence-electron chi connectivity index (χ3n) is 2.32. The number of methoxy groups -OCH3 is 1. The lowest BCUT2D eigenvalue weighted by molar-refractivity contribution is 0.0661. The Kier molecular flexibility index (Phi) is 5.91. The summed E-state index contributed by atoms with van der Waals surface area (Å²) in [4.78, 5) is 14.2. The van der Waals surface area contributed by atoms with Crippen LogP contribution < -0.4 is 0 Å². The van der Waals surface area contributed by atoms with Crippen molar-refractivity contribution in [3.05, 3.63) is 20.8 Å². The maximum atomic E-state index is 12.2. The fourth-order valence-electron chi connectivity index (χ4n) is 1.35. The van der Waals surface area contributed by atoms with Gasteiger partial charge in [-0.3, -0.25) is 4.79 Å². The zero-order valence-electron chi connectivity index (χ0n) is 9.90. The number of aliphatic hydroxyl groups is 1. The molecule has 0 bridgehead atoms. The van der Waals surface area contributed by atoms with E-state index >= 15 is 0 Å². The van der Waals surface area contributed by atoms with E-state index in [1.165, 1.54) is 11.3 Å². The largest absolute Gasteiger partial charge is 0.395 e. The molecule has 1 heterocycles. The zero-order valence-corrected chi connectivity index (χ0v) is 11.5. The van der Waals surface area contributed by atoms with Crippen LogP contribution in [0.15, 0.2) is 5.38 Å². The number of halogens is 1. The first-order valence-electron chi connectivity index (χ1n) is 5.24. The van der Waals surface area contributed by atoms with Gasteiger partial charge in [0, 0.05) is 20.2 Å². The number of carbonyl (C=O) groups excluding carboxylic acids is 1. The first kappa shape index (κ1) is 14.4. The summed E-state index contributed by atoms with van der Waals surface area (Å²) in [6.07, 6.45) is 0. The van der Waals surface area contributed by atoms with Crippen molar-refractivity contribution in [2.45, 2.75) is 6.92 Å². The van der Waals surface area contributed by atoms with Gasteiger partial charge in [-0.25, -0.2) is 0 Å². The van der Waals surface area contributed by atoms with Gasteiger partial charge in [0.05, 0.1) is 18.2 Å². The lowest BCUT2D eigenvalue weighted by Gasteiger charge is -2.20. The Labute approximate surface area is 110 Å². The second-order valence-corrected chi connectivity index (χ2v) is 4.83. The van der Waals surface area contributed by atoms with Gasteiger partial charge >= 0.3 is 0 Å². The SMILES string of the molecule is COCCN(CCO)C(=O)c1scc(C)c1Cl. The van der Waals surface area contributed by atoms with Crippen molar-refractivity contribution in [2.24, 2.45) is 0 Å². The van der Waals surface area contributed by atoms with Crippen LogP contribution in [-0.4, -0.2) is 49.3 Å². The summed E-state index contributed by atoms with van der Waals surface area (Å²) >= 11 is 7.38. The predicted molar refractivity (Wildman–Crippen MR) is 68.9 cm³/mol. The van der Waals surface area contributed by atoms with Gasteiger partial charge in [0.25, 0.3) is 5.91 Å². The van der Waals surface area contributed by atoms with E-state index in [9.17, 15) is 4.79 Å². The third kappa shape index (κ3) is 3.67. The fourth-order valence-corrected chi connectivity index (χ4v) is 2.60. The molecule has 0 saturated carbocycles. The first-order chi connectivity index (χ1) is 8.11. The molecule has 0 aliphatic heterocycles. The van der Waals surface area contributed by atoms with Crippen LogP contribution in [0.4, 0.5) is 0 Å². The van der Waals surface area contributed by atoms with Gasteiger partial charge in [-0.15, -0.1) is 11.3 Å². The molecule has 96 valence electrons. The number of hydrogen-bond acceptors (Lipinski definition) is 4. The number of nitrogens with zero attached hydrogens (tertiary/aromatic N) is 1. The first-order valence-corrected chi connectivity index (χ1v) is 6.50. The lowest BCUT2D eigenvalue weighted by atomic mass is 10.3. The Morgan fingerprint density at radius 3 is 2.76 bits per heavy atom. The Morgan fingerprint density at radius 1 is 1.59 bits per heavy atom. The molecule has 0 saturated heterocycles. The van der Waals surface area contributed by atoms with Crippen molar-refractivity contribution in [2.75, 3.05) is 33.4 Å². The molecule has 1 aromatic heterocycles. The highest BCUT2D eigenvalue weighted by Crippen LogP contribution is 2.28. The summed E-state index contributed by atoms with van der Waals surface area (Å²) in [5.74, 6) is -0.154. The Hall–Kier alpha value is -0.620. The number of thiophene rings is 1.